The van der Waals surface area contributed by atoms with Crippen LogP contribution in [0.25, 0.3) is 0 Å². The van der Waals surface area contributed by atoms with E-state index < -0.39 is 0 Å². The smallest absolute Gasteiger partial charge is 0.226 e. The summed E-state index contributed by atoms with van der Waals surface area (Å²) in [5.74, 6) is 2.42. The van der Waals surface area contributed by atoms with E-state index in [0.717, 1.165) is 62.2 Å². The molecule has 0 saturated heterocycles. The molecular formula is C27H33N3O2S. The van der Waals surface area contributed by atoms with Crippen LogP contribution in [0.5, 0.6) is 0 Å². The summed E-state index contributed by atoms with van der Waals surface area (Å²) in [5.41, 5.74) is 3.29. The average Bonchev–Trinajstić information content (AvgIpc) is 3.26. The van der Waals surface area contributed by atoms with Crippen LogP contribution >= 0.6 is 11.3 Å². The third-order valence-electron chi connectivity index (χ3n) is 8.48. The highest BCUT2D eigenvalue weighted by molar-refractivity contribution is 7.10. The summed E-state index contributed by atoms with van der Waals surface area (Å²) in [7, 11) is 0. The van der Waals surface area contributed by atoms with Gasteiger partial charge in [-0.2, -0.15) is 0 Å². The van der Waals surface area contributed by atoms with E-state index in [-0.39, 0.29) is 17.2 Å². The molecule has 2 heterocycles. The Morgan fingerprint density at radius 1 is 1.00 bits per heavy atom. The molecule has 4 fully saturated rings. The molecule has 33 heavy (non-hydrogen) atoms. The molecule has 2 aromatic rings. The molecule has 2 N–H and O–H groups in total. The van der Waals surface area contributed by atoms with E-state index in [1.165, 1.54) is 35.4 Å². The number of anilines is 2. The molecule has 1 aliphatic heterocycles. The van der Waals surface area contributed by atoms with Gasteiger partial charge in [-0.3, -0.25) is 9.59 Å². The molecule has 1 aromatic carbocycles. The van der Waals surface area contributed by atoms with Gasteiger partial charge >= 0.3 is 0 Å². The maximum absolute atomic E-state index is 13.0. The minimum atomic E-state index is -0.140. The van der Waals surface area contributed by atoms with Crippen LogP contribution in [0, 0.1) is 23.2 Å². The van der Waals surface area contributed by atoms with Gasteiger partial charge in [-0.05, 0) is 104 Å². The zero-order chi connectivity index (χ0) is 22.4. The lowest BCUT2D eigenvalue weighted by atomic mass is 9.49. The molecule has 4 bridgehead atoms. The van der Waals surface area contributed by atoms with Gasteiger partial charge in [0.15, 0.2) is 0 Å². The minimum absolute atomic E-state index is 0.0468. The van der Waals surface area contributed by atoms with Gasteiger partial charge in [-0.15, -0.1) is 11.3 Å². The highest BCUT2D eigenvalue weighted by atomic mass is 32.1. The Balaban J connectivity index is 0.979. The van der Waals surface area contributed by atoms with E-state index in [2.05, 4.69) is 39.1 Å². The molecule has 174 valence electrons. The van der Waals surface area contributed by atoms with E-state index in [1.54, 1.807) is 0 Å². The van der Waals surface area contributed by atoms with Gasteiger partial charge in [-0.25, -0.2) is 0 Å². The fraction of sp³-hybridized carbons (Fsp3) is 0.556. The van der Waals surface area contributed by atoms with Crippen molar-refractivity contribution in [2.75, 3.05) is 23.3 Å². The van der Waals surface area contributed by atoms with Gasteiger partial charge in [0.2, 0.25) is 11.8 Å². The van der Waals surface area contributed by atoms with Gasteiger partial charge in [0, 0.05) is 47.7 Å². The van der Waals surface area contributed by atoms with E-state index in [1.807, 2.05) is 23.5 Å². The number of nitrogens with zero attached hydrogens (tertiary/aromatic N) is 1. The Bertz CT molecular complexity index is 1010. The molecule has 5 aliphatic rings. The second-order valence-corrected chi connectivity index (χ2v) is 11.8. The highest BCUT2D eigenvalue weighted by Crippen LogP contribution is 2.60. The second kappa shape index (κ2) is 8.46. The van der Waals surface area contributed by atoms with E-state index in [4.69, 9.17) is 0 Å². The van der Waals surface area contributed by atoms with Gasteiger partial charge in [0.1, 0.15) is 0 Å². The van der Waals surface area contributed by atoms with Crippen molar-refractivity contribution in [3.63, 3.8) is 0 Å². The highest BCUT2D eigenvalue weighted by Gasteiger charge is 2.54. The van der Waals surface area contributed by atoms with Crippen LogP contribution in [0.2, 0.25) is 0 Å². The molecule has 6 heteroatoms. The fourth-order valence-electron chi connectivity index (χ4n) is 7.31. The molecule has 0 radical (unpaired) electrons. The summed E-state index contributed by atoms with van der Waals surface area (Å²) in [6.45, 7) is 2.40. The third kappa shape index (κ3) is 4.18. The van der Waals surface area contributed by atoms with E-state index >= 15 is 0 Å². The molecule has 0 unspecified atom stereocenters. The van der Waals surface area contributed by atoms with E-state index in [9.17, 15) is 9.59 Å². The Morgan fingerprint density at radius 2 is 1.70 bits per heavy atom. The lowest BCUT2D eigenvalue weighted by Gasteiger charge is -2.55. The number of hydrogen-bond acceptors (Lipinski definition) is 4. The molecule has 1 aromatic heterocycles. The van der Waals surface area contributed by atoms with Crippen molar-refractivity contribution < 1.29 is 9.59 Å². The van der Waals surface area contributed by atoms with Gasteiger partial charge in [-0.1, -0.05) is 0 Å². The molecule has 4 saturated carbocycles. The standard InChI is InChI=1S/C27H33N3O2S/c31-25(5-8-28-26(32)27-14-18-11-19(15-27)13-20(12-18)16-27)29-22-1-3-23(4-2-22)30-9-6-24-21(17-30)7-10-33-24/h1-4,7,10,18-20H,5-6,8-9,11-17H2,(H,28,32)(H,29,31). The monoisotopic (exact) mass is 463 g/mol. The molecular weight excluding hydrogens is 430 g/mol. The van der Waals surface area contributed by atoms with Crippen LogP contribution in [0.1, 0.15) is 55.4 Å². The number of rotatable bonds is 6. The number of benzene rings is 1. The first kappa shape index (κ1) is 21.2. The molecule has 5 nitrogen and oxygen atoms in total. The number of carbonyl (C=O) groups excluding carboxylic acids is 2. The van der Waals surface area contributed by atoms with Gasteiger partial charge in [0.05, 0.1) is 0 Å². The van der Waals surface area contributed by atoms with Crippen LogP contribution in [0.4, 0.5) is 11.4 Å². The molecule has 4 aliphatic carbocycles. The lowest BCUT2D eigenvalue weighted by Crippen LogP contribution is -2.53. The predicted octanol–water partition coefficient (Wildman–Crippen LogP) is 4.97. The Morgan fingerprint density at radius 3 is 2.39 bits per heavy atom. The Hall–Kier alpha value is -2.34. The SMILES string of the molecule is O=C(CCNC(=O)C12CC3CC(CC(C3)C1)C2)Nc1ccc(N2CCc3sccc3C2)cc1. The Kier molecular flexibility index (Phi) is 5.44. The van der Waals surface area contributed by atoms with Crippen molar-refractivity contribution in [3.8, 4) is 0 Å². The molecule has 0 spiro atoms. The quantitative estimate of drug-likeness (QED) is 0.636. The van der Waals surface area contributed by atoms with Crippen molar-refractivity contribution in [2.24, 2.45) is 23.2 Å². The van der Waals surface area contributed by atoms with Crippen LogP contribution in [0.15, 0.2) is 35.7 Å². The maximum Gasteiger partial charge on any atom is 0.226 e. The molecule has 7 rings (SSSR count). The summed E-state index contributed by atoms with van der Waals surface area (Å²) in [4.78, 5) is 29.4. The van der Waals surface area contributed by atoms with Crippen LogP contribution < -0.4 is 15.5 Å². The summed E-state index contributed by atoms with van der Waals surface area (Å²) in [5, 5.41) is 8.27. The first-order chi connectivity index (χ1) is 16.1. The largest absolute Gasteiger partial charge is 0.367 e. The van der Waals surface area contributed by atoms with Crippen LogP contribution in [-0.4, -0.2) is 24.9 Å². The Labute approximate surface area is 199 Å². The number of thiophene rings is 1. The number of nitrogens with one attached hydrogen (secondary N) is 2. The fourth-order valence-corrected chi connectivity index (χ4v) is 8.20. The second-order valence-electron chi connectivity index (χ2n) is 10.8. The zero-order valence-corrected chi connectivity index (χ0v) is 20.0. The average molecular weight is 464 g/mol. The summed E-state index contributed by atoms with van der Waals surface area (Å²) >= 11 is 1.85. The summed E-state index contributed by atoms with van der Waals surface area (Å²) in [6.07, 6.45) is 8.60. The molecule has 0 atom stereocenters. The minimum Gasteiger partial charge on any atom is -0.367 e. The number of hydrogen-bond donors (Lipinski definition) is 2. The van der Waals surface area contributed by atoms with Crippen molar-refractivity contribution >= 4 is 34.5 Å². The third-order valence-corrected chi connectivity index (χ3v) is 9.50. The van der Waals surface area contributed by atoms with Crippen molar-refractivity contribution in [3.05, 3.63) is 46.2 Å². The van der Waals surface area contributed by atoms with E-state index in [0.29, 0.717) is 13.0 Å². The van der Waals surface area contributed by atoms with Crippen molar-refractivity contribution in [1.29, 1.82) is 0 Å². The molecule has 2 amide bonds. The summed E-state index contributed by atoms with van der Waals surface area (Å²) < 4.78 is 0. The number of amides is 2. The summed E-state index contributed by atoms with van der Waals surface area (Å²) in [6, 6.07) is 10.3. The van der Waals surface area contributed by atoms with Crippen LogP contribution in [-0.2, 0) is 22.6 Å². The first-order valence-corrected chi connectivity index (χ1v) is 13.4. The normalized spacial score (nSPS) is 29.6. The van der Waals surface area contributed by atoms with Crippen molar-refractivity contribution in [1.82, 2.24) is 5.32 Å². The topological polar surface area (TPSA) is 61.4 Å². The number of fused-ring (bicyclic) bond motifs is 1. The maximum atomic E-state index is 13.0. The van der Waals surface area contributed by atoms with Gasteiger partial charge in [0.25, 0.3) is 0 Å². The van der Waals surface area contributed by atoms with Crippen molar-refractivity contribution in [2.45, 2.75) is 57.9 Å². The lowest BCUT2D eigenvalue weighted by molar-refractivity contribution is -0.146. The van der Waals surface area contributed by atoms with Gasteiger partial charge < -0.3 is 15.5 Å². The van der Waals surface area contributed by atoms with Crippen LogP contribution in [0.3, 0.4) is 0 Å². The number of carbonyl (C=O) groups is 2. The zero-order valence-electron chi connectivity index (χ0n) is 19.1. The first-order valence-electron chi connectivity index (χ1n) is 12.5. The predicted molar refractivity (Wildman–Crippen MR) is 132 cm³/mol.